The molecule has 27 heavy (non-hydrogen) atoms. The van der Waals surface area contributed by atoms with Crippen molar-refractivity contribution in [2.45, 2.75) is 18.9 Å². The van der Waals surface area contributed by atoms with Crippen LogP contribution in [0, 0.1) is 0 Å². The summed E-state index contributed by atoms with van der Waals surface area (Å²) in [4.78, 5) is 31.6. The van der Waals surface area contributed by atoms with E-state index in [1.54, 1.807) is 29.3 Å². The minimum atomic E-state index is -0.546. The molecule has 3 heterocycles. The Morgan fingerprint density at radius 1 is 1.07 bits per heavy atom. The van der Waals surface area contributed by atoms with Gasteiger partial charge >= 0.3 is 0 Å². The number of ketones is 1. The Kier molecular flexibility index (Phi) is 4.42. The van der Waals surface area contributed by atoms with Gasteiger partial charge in [-0.25, -0.2) is 4.68 Å². The Morgan fingerprint density at radius 2 is 1.85 bits per heavy atom. The number of aromatic nitrogens is 3. The highest BCUT2D eigenvalue weighted by Crippen LogP contribution is 2.26. The second-order valence-electron chi connectivity index (χ2n) is 6.43. The zero-order chi connectivity index (χ0) is 18.8. The fourth-order valence-corrected chi connectivity index (χ4v) is 3.42. The predicted octanol–water partition coefficient (Wildman–Crippen LogP) is 2.34. The predicted molar refractivity (Wildman–Crippen MR) is 101 cm³/mol. The molecular formula is C20H19N5O2. The average Bonchev–Trinajstić information content (AvgIpc) is 3.35. The highest BCUT2D eigenvalue weighted by molar-refractivity contribution is 6.06. The van der Waals surface area contributed by atoms with E-state index in [0.29, 0.717) is 24.2 Å². The first-order valence-electron chi connectivity index (χ1n) is 8.82. The van der Waals surface area contributed by atoms with Gasteiger partial charge in [-0.15, -0.1) is 0 Å². The number of pyridine rings is 1. The van der Waals surface area contributed by atoms with Gasteiger partial charge in [0.1, 0.15) is 11.5 Å². The summed E-state index contributed by atoms with van der Waals surface area (Å²) in [5.41, 5.74) is 7.66. The molecule has 1 aliphatic heterocycles. The molecule has 7 heteroatoms. The lowest BCUT2D eigenvalue weighted by Gasteiger charge is -2.23. The Hall–Kier alpha value is -3.48. The van der Waals surface area contributed by atoms with E-state index in [4.69, 9.17) is 5.73 Å². The van der Waals surface area contributed by atoms with Crippen LogP contribution in [0.3, 0.4) is 0 Å². The highest BCUT2D eigenvalue weighted by atomic mass is 16.2. The highest BCUT2D eigenvalue weighted by Gasteiger charge is 2.36. The van der Waals surface area contributed by atoms with Crippen LogP contribution in [0.2, 0.25) is 0 Å². The fourth-order valence-electron chi connectivity index (χ4n) is 3.42. The van der Waals surface area contributed by atoms with Gasteiger partial charge in [-0.05, 0) is 37.1 Å². The van der Waals surface area contributed by atoms with Gasteiger partial charge in [0.15, 0.2) is 5.78 Å². The van der Waals surface area contributed by atoms with Crippen molar-refractivity contribution in [3.63, 3.8) is 0 Å². The Labute approximate surface area is 156 Å². The Balaban J connectivity index is 1.61. The van der Waals surface area contributed by atoms with E-state index in [1.807, 2.05) is 30.3 Å². The smallest absolute Gasteiger partial charge is 0.273 e. The maximum atomic E-state index is 13.1. The molecular weight excluding hydrogens is 342 g/mol. The van der Waals surface area contributed by atoms with E-state index in [9.17, 15) is 9.59 Å². The van der Waals surface area contributed by atoms with Crippen LogP contribution in [0.5, 0.6) is 0 Å². The molecule has 0 saturated carbocycles. The standard InChI is InChI=1S/C20H19N5O2/c21-19-15(13-23-25(19)14-7-2-1-3-8-14)18(26)17-10-6-12-24(17)20(27)16-9-4-5-11-22-16/h1-5,7-9,11,13,17H,6,10,12,21H2/t17-/m1/s1. The molecule has 4 rings (SSSR count). The first-order chi connectivity index (χ1) is 13.2. The first-order valence-corrected chi connectivity index (χ1v) is 8.82. The molecule has 0 aliphatic carbocycles. The zero-order valence-electron chi connectivity index (χ0n) is 14.7. The molecule has 1 saturated heterocycles. The van der Waals surface area contributed by atoms with Crippen LogP contribution in [-0.4, -0.2) is 43.9 Å². The van der Waals surface area contributed by atoms with Crippen molar-refractivity contribution in [1.82, 2.24) is 19.7 Å². The van der Waals surface area contributed by atoms with E-state index < -0.39 is 6.04 Å². The number of hydrogen-bond acceptors (Lipinski definition) is 5. The fraction of sp³-hybridized carbons (Fsp3) is 0.200. The maximum absolute atomic E-state index is 13.1. The van der Waals surface area contributed by atoms with Gasteiger partial charge in [0.05, 0.1) is 23.5 Å². The molecule has 7 nitrogen and oxygen atoms in total. The van der Waals surface area contributed by atoms with Crippen molar-refractivity contribution in [3.8, 4) is 5.69 Å². The molecule has 2 aromatic heterocycles. The van der Waals surface area contributed by atoms with Crippen molar-refractivity contribution in [3.05, 3.63) is 72.2 Å². The minimum Gasteiger partial charge on any atom is -0.383 e. The summed E-state index contributed by atoms with van der Waals surface area (Å²) in [5.74, 6) is -0.139. The number of nitrogen functional groups attached to an aromatic ring is 1. The van der Waals surface area contributed by atoms with Gasteiger partial charge in [0.25, 0.3) is 5.91 Å². The van der Waals surface area contributed by atoms with E-state index in [1.165, 1.54) is 10.9 Å². The van der Waals surface area contributed by atoms with Crippen molar-refractivity contribution in [1.29, 1.82) is 0 Å². The molecule has 1 atom stereocenters. The van der Waals surface area contributed by atoms with Crippen LogP contribution in [0.4, 0.5) is 5.82 Å². The molecule has 1 aromatic carbocycles. The number of nitrogens with two attached hydrogens (primary N) is 1. The number of Topliss-reactive ketones (excluding diaryl/α,β-unsaturated/α-hetero) is 1. The van der Waals surface area contributed by atoms with Gasteiger partial charge in [-0.2, -0.15) is 5.10 Å². The molecule has 0 bridgehead atoms. The van der Waals surface area contributed by atoms with Crippen LogP contribution in [0.15, 0.2) is 60.9 Å². The number of benzene rings is 1. The van der Waals surface area contributed by atoms with Gasteiger partial charge < -0.3 is 10.6 Å². The van der Waals surface area contributed by atoms with Gasteiger partial charge in [-0.1, -0.05) is 24.3 Å². The number of amides is 1. The van der Waals surface area contributed by atoms with E-state index in [0.717, 1.165) is 12.1 Å². The molecule has 0 spiro atoms. The second-order valence-corrected chi connectivity index (χ2v) is 6.43. The number of nitrogens with zero attached hydrogens (tertiary/aromatic N) is 4. The quantitative estimate of drug-likeness (QED) is 0.720. The number of rotatable bonds is 4. The van der Waals surface area contributed by atoms with Crippen LogP contribution in [0.1, 0.15) is 33.7 Å². The van der Waals surface area contributed by atoms with Gasteiger partial charge in [0.2, 0.25) is 0 Å². The molecule has 1 fully saturated rings. The van der Waals surface area contributed by atoms with Crippen LogP contribution in [-0.2, 0) is 0 Å². The Morgan fingerprint density at radius 3 is 2.59 bits per heavy atom. The summed E-state index contributed by atoms with van der Waals surface area (Å²) >= 11 is 0. The third-order valence-corrected chi connectivity index (χ3v) is 4.77. The van der Waals surface area contributed by atoms with Crippen molar-refractivity contribution >= 4 is 17.5 Å². The monoisotopic (exact) mass is 361 g/mol. The molecule has 2 N–H and O–H groups in total. The summed E-state index contributed by atoms with van der Waals surface area (Å²) in [6.45, 7) is 0.526. The number of para-hydroxylation sites is 1. The summed E-state index contributed by atoms with van der Waals surface area (Å²) in [6.07, 6.45) is 4.42. The number of hydrogen-bond donors (Lipinski definition) is 1. The zero-order valence-corrected chi connectivity index (χ0v) is 14.7. The van der Waals surface area contributed by atoms with Gasteiger partial charge in [0, 0.05) is 12.7 Å². The maximum Gasteiger partial charge on any atom is 0.273 e. The normalized spacial score (nSPS) is 16.4. The average molecular weight is 361 g/mol. The van der Waals surface area contributed by atoms with Crippen LogP contribution >= 0.6 is 0 Å². The van der Waals surface area contributed by atoms with Crippen molar-refractivity contribution in [2.24, 2.45) is 0 Å². The molecule has 0 radical (unpaired) electrons. The molecule has 1 aliphatic rings. The third kappa shape index (κ3) is 3.08. The second kappa shape index (κ2) is 7.03. The number of carbonyl (C=O) groups excluding carboxylic acids is 2. The Bertz CT molecular complexity index is 969. The largest absolute Gasteiger partial charge is 0.383 e. The van der Waals surface area contributed by atoms with Crippen LogP contribution in [0.25, 0.3) is 5.69 Å². The lowest BCUT2D eigenvalue weighted by Crippen LogP contribution is -2.41. The van der Waals surface area contributed by atoms with Crippen molar-refractivity contribution in [2.75, 3.05) is 12.3 Å². The topological polar surface area (TPSA) is 94.1 Å². The molecule has 3 aromatic rings. The minimum absolute atomic E-state index is 0.184. The van der Waals surface area contributed by atoms with E-state index in [-0.39, 0.29) is 17.5 Å². The number of likely N-dealkylation sites (tertiary alicyclic amines) is 1. The molecule has 0 unspecified atom stereocenters. The van der Waals surface area contributed by atoms with E-state index >= 15 is 0 Å². The number of anilines is 1. The summed E-state index contributed by atoms with van der Waals surface area (Å²) in [5, 5.41) is 4.26. The summed E-state index contributed by atoms with van der Waals surface area (Å²) in [7, 11) is 0. The SMILES string of the molecule is Nc1c(C(=O)[C@H]2CCCN2C(=O)c2ccccn2)cnn1-c1ccccc1. The van der Waals surface area contributed by atoms with E-state index in [2.05, 4.69) is 10.1 Å². The van der Waals surface area contributed by atoms with Crippen LogP contribution < -0.4 is 5.73 Å². The summed E-state index contributed by atoms with van der Waals surface area (Å²) in [6, 6.07) is 14.0. The molecule has 1 amide bonds. The molecule has 136 valence electrons. The summed E-state index contributed by atoms with van der Waals surface area (Å²) < 4.78 is 1.53. The number of carbonyl (C=O) groups is 2. The third-order valence-electron chi connectivity index (χ3n) is 4.77. The lowest BCUT2D eigenvalue weighted by atomic mass is 10.0. The van der Waals surface area contributed by atoms with Gasteiger partial charge in [-0.3, -0.25) is 14.6 Å². The first kappa shape index (κ1) is 17.0. The lowest BCUT2D eigenvalue weighted by molar-refractivity contribution is 0.0667. The van der Waals surface area contributed by atoms with Crippen molar-refractivity contribution < 1.29 is 9.59 Å².